The van der Waals surface area contributed by atoms with Crippen LogP contribution in [0.2, 0.25) is 0 Å². The molecular weight excluding hydrogens is 343 g/mol. The fraction of sp³-hybridized carbons (Fsp3) is 0.389. The molecule has 1 saturated heterocycles. The molecule has 1 amide bonds. The van der Waals surface area contributed by atoms with E-state index in [2.05, 4.69) is 5.32 Å². The number of halogens is 1. The molecule has 0 saturated carbocycles. The number of benzene rings is 1. The van der Waals surface area contributed by atoms with Crippen LogP contribution in [0, 0.1) is 19.7 Å². The molecule has 1 aliphatic heterocycles. The summed E-state index contributed by atoms with van der Waals surface area (Å²) in [6.07, 6.45) is 0.414. The molecule has 1 aliphatic rings. The third-order valence-corrected chi connectivity index (χ3v) is 6.58. The minimum Gasteiger partial charge on any atom is -0.346 e. The van der Waals surface area contributed by atoms with Gasteiger partial charge in [-0.05, 0) is 57.5 Å². The molecular formula is C18H21FN2O3S. The van der Waals surface area contributed by atoms with Crippen LogP contribution in [0.5, 0.6) is 0 Å². The predicted molar refractivity (Wildman–Crippen MR) is 94.3 cm³/mol. The highest BCUT2D eigenvalue weighted by Gasteiger charge is 2.39. The van der Waals surface area contributed by atoms with Crippen molar-refractivity contribution in [2.45, 2.75) is 32.7 Å². The fourth-order valence-corrected chi connectivity index (χ4v) is 5.52. The first-order chi connectivity index (χ1) is 11.6. The maximum Gasteiger partial charge on any atom is 0.253 e. The normalized spacial score (nSPS) is 22.1. The highest BCUT2D eigenvalue weighted by molar-refractivity contribution is 7.91. The van der Waals surface area contributed by atoms with Crippen molar-refractivity contribution in [3.63, 3.8) is 0 Å². The van der Waals surface area contributed by atoms with E-state index in [1.807, 2.05) is 18.4 Å². The van der Waals surface area contributed by atoms with Crippen LogP contribution in [0.3, 0.4) is 0 Å². The molecule has 2 heterocycles. The lowest BCUT2D eigenvalue weighted by Crippen LogP contribution is -2.47. The van der Waals surface area contributed by atoms with Crippen molar-refractivity contribution in [2.75, 3.05) is 11.5 Å². The largest absolute Gasteiger partial charge is 0.346 e. The van der Waals surface area contributed by atoms with Crippen LogP contribution in [-0.4, -0.2) is 35.9 Å². The Kier molecular flexibility index (Phi) is 4.23. The Morgan fingerprint density at radius 1 is 1.24 bits per heavy atom. The first kappa shape index (κ1) is 17.7. The minimum absolute atomic E-state index is 0.0392. The molecule has 1 aromatic carbocycles. The summed E-state index contributed by atoms with van der Waals surface area (Å²) in [6.45, 7) is 5.45. The van der Waals surface area contributed by atoms with Crippen LogP contribution < -0.4 is 5.32 Å². The van der Waals surface area contributed by atoms with E-state index in [1.54, 1.807) is 25.1 Å². The maximum atomic E-state index is 13.1. The number of carbonyl (C=O) groups excluding carboxylic acids is 1. The van der Waals surface area contributed by atoms with Crippen LogP contribution in [0.25, 0.3) is 5.69 Å². The molecule has 1 N–H and O–H groups in total. The fourth-order valence-electron chi connectivity index (χ4n) is 3.43. The number of nitrogens with zero attached hydrogens (tertiary/aromatic N) is 1. The molecule has 134 valence electrons. The van der Waals surface area contributed by atoms with Crippen LogP contribution in [0.15, 0.2) is 30.3 Å². The van der Waals surface area contributed by atoms with Crippen molar-refractivity contribution in [3.05, 3.63) is 53.1 Å². The van der Waals surface area contributed by atoms with Gasteiger partial charge in [0.25, 0.3) is 5.91 Å². The second-order valence-electron chi connectivity index (χ2n) is 6.95. The first-order valence-electron chi connectivity index (χ1n) is 8.08. The van der Waals surface area contributed by atoms with Crippen LogP contribution in [0.4, 0.5) is 4.39 Å². The Morgan fingerprint density at radius 3 is 2.44 bits per heavy atom. The lowest BCUT2D eigenvalue weighted by molar-refractivity contribution is 0.0915. The van der Waals surface area contributed by atoms with Crippen LogP contribution in [-0.2, 0) is 9.84 Å². The Labute approximate surface area is 146 Å². The summed E-state index contributed by atoms with van der Waals surface area (Å²) in [7, 11) is -3.10. The van der Waals surface area contributed by atoms with Crippen LogP contribution >= 0.6 is 0 Å². The molecule has 0 bridgehead atoms. The molecule has 0 spiro atoms. The standard InChI is InChI=1S/C18H21FN2O3S/c1-12-10-16(13(2)21(12)15-6-4-14(19)5-7-15)17(22)20-18(3)8-9-25(23,24)11-18/h4-7,10H,8-9,11H2,1-3H3,(H,20,22)/t18-/m1/s1. The van der Waals surface area contributed by atoms with Gasteiger partial charge >= 0.3 is 0 Å². The average molecular weight is 364 g/mol. The van der Waals surface area contributed by atoms with E-state index in [0.29, 0.717) is 12.0 Å². The lowest BCUT2D eigenvalue weighted by atomic mass is 10.0. The number of aromatic nitrogens is 1. The molecule has 7 heteroatoms. The van der Waals surface area contributed by atoms with E-state index in [-0.39, 0.29) is 23.2 Å². The molecule has 5 nitrogen and oxygen atoms in total. The lowest BCUT2D eigenvalue weighted by Gasteiger charge is -2.23. The van der Waals surface area contributed by atoms with Gasteiger partial charge in [0.1, 0.15) is 5.82 Å². The quantitative estimate of drug-likeness (QED) is 0.910. The Bertz CT molecular complexity index is 932. The molecule has 2 aromatic rings. The Balaban J connectivity index is 1.90. The van der Waals surface area contributed by atoms with Gasteiger partial charge in [-0.25, -0.2) is 12.8 Å². The SMILES string of the molecule is Cc1cc(C(=O)N[C@]2(C)CCS(=O)(=O)C2)c(C)n1-c1ccc(F)cc1. The molecule has 1 atom stereocenters. The zero-order valence-electron chi connectivity index (χ0n) is 14.5. The van der Waals surface area contributed by atoms with E-state index >= 15 is 0 Å². The van der Waals surface area contributed by atoms with Crippen molar-refractivity contribution in [2.24, 2.45) is 0 Å². The van der Waals surface area contributed by atoms with Gasteiger partial charge in [-0.1, -0.05) is 0 Å². The number of aryl methyl sites for hydroxylation is 1. The minimum atomic E-state index is -3.10. The average Bonchev–Trinajstić information content (AvgIpc) is 2.96. The van der Waals surface area contributed by atoms with E-state index in [1.165, 1.54) is 12.1 Å². The second-order valence-corrected chi connectivity index (χ2v) is 9.14. The summed E-state index contributed by atoms with van der Waals surface area (Å²) in [5.74, 6) is -0.554. The van der Waals surface area contributed by atoms with Crippen molar-refractivity contribution < 1.29 is 17.6 Å². The summed E-state index contributed by atoms with van der Waals surface area (Å²) < 4.78 is 38.5. The van der Waals surface area contributed by atoms with Gasteiger partial charge < -0.3 is 9.88 Å². The van der Waals surface area contributed by atoms with Gasteiger partial charge in [0.05, 0.1) is 22.6 Å². The number of carbonyl (C=O) groups is 1. The van der Waals surface area contributed by atoms with Gasteiger partial charge in [-0.3, -0.25) is 4.79 Å². The highest BCUT2D eigenvalue weighted by atomic mass is 32.2. The first-order valence-corrected chi connectivity index (χ1v) is 9.90. The van der Waals surface area contributed by atoms with Gasteiger partial charge in [0.2, 0.25) is 0 Å². The number of rotatable bonds is 3. The molecule has 0 unspecified atom stereocenters. The Hall–Kier alpha value is -2.15. The van der Waals surface area contributed by atoms with E-state index in [9.17, 15) is 17.6 Å². The highest BCUT2D eigenvalue weighted by Crippen LogP contribution is 2.25. The van der Waals surface area contributed by atoms with Crippen LogP contribution in [0.1, 0.15) is 35.1 Å². The summed E-state index contributed by atoms with van der Waals surface area (Å²) in [5, 5.41) is 2.88. The second kappa shape index (κ2) is 5.98. The van der Waals surface area contributed by atoms with Crippen molar-refractivity contribution in [1.29, 1.82) is 0 Å². The molecule has 25 heavy (non-hydrogen) atoms. The molecule has 3 rings (SSSR count). The molecule has 1 fully saturated rings. The topological polar surface area (TPSA) is 68.2 Å². The smallest absolute Gasteiger partial charge is 0.253 e. The number of hydrogen-bond acceptors (Lipinski definition) is 3. The molecule has 0 aliphatic carbocycles. The zero-order valence-corrected chi connectivity index (χ0v) is 15.3. The van der Waals surface area contributed by atoms with Gasteiger partial charge in [0, 0.05) is 17.1 Å². The van der Waals surface area contributed by atoms with Gasteiger partial charge in [0.15, 0.2) is 9.84 Å². The summed E-state index contributed by atoms with van der Waals surface area (Å²) in [5.41, 5.74) is 2.09. The zero-order chi connectivity index (χ0) is 18.4. The maximum absolute atomic E-state index is 13.1. The predicted octanol–water partition coefficient (Wildman–Crippen LogP) is 2.54. The van der Waals surface area contributed by atoms with E-state index < -0.39 is 15.4 Å². The summed E-state index contributed by atoms with van der Waals surface area (Å²) in [6, 6.07) is 7.82. The number of sulfone groups is 1. The molecule has 1 aromatic heterocycles. The number of hydrogen-bond donors (Lipinski definition) is 1. The van der Waals surface area contributed by atoms with Gasteiger partial charge in [-0.2, -0.15) is 0 Å². The van der Waals surface area contributed by atoms with E-state index in [4.69, 9.17) is 0 Å². The number of amides is 1. The molecule has 0 radical (unpaired) electrons. The van der Waals surface area contributed by atoms with Crippen molar-refractivity contribution in [1.82, 2.24) is 9.88 Å². The van der Waals surface area contributed by atoms with Gasteiger partial charge in [-0.15, -0.1) is 0 Å². The third-order valence-electron chi connectivity index (χ3n) is 4.68. The monoisotopic (exact) mass is 364 g/mol. The number of nitrogens with one attached hydrogen (secondary N) is 1. The van der Waals surface area contributed by atoms with Crippen molar-refractivity contribution in [3.8, 4) is 5.69 Å². The third kappa shape index (κ3) is 3.46. The van der Waals surface area contributed by atoms with E-state index in [0.717, 1.165) is 17.1 Å². The summed E-state index contributed by atoms with van der Waals surface area (Å²) in [4.78, 5) is 12.7. The Morgan fingerprint density at radius 2 is 1.88 bits per heavy atom. The van der Waals surface area contributed by atoms with Crippen molar-refractivity contribution >= 4 is 15.7 Å². The summed E-state index contributed by atoms with van der Waals surface area (Å²) >= 11 is 0.